The van der Waals surface area contributed by atoms with Crippen molar-refractivity contribution in [1.29, 1.82) is 0 Å². The molecule has 1 unspecified atom stereocenters. The molecule has 332 valence electrons. The van der Waals surface area contributed by atoms with Crippen molar-refractivity contribution in [3.8, 4) is 0 Å². The molecule has 0 heterocycles. The van der Waals surface area contributed by atoms with E-state index in [0.717, 1.165) is 22.3 Å². The quantitative estimate of drug-likeness (QED) is 0.0496. The lowest BCUT2D eigenvalue weighted by molar-refractivity contribution is -0.133. The van der Waals surface area contributed by atoms with Crippen molar-refractivity contribution in [2.45, 2.75) is 84.3 Å². The monoisotopic (exact) mass is 851 g/mol. The zero-order valence-electron chi connectivity index (χ0n) is 36.1. The molecule has 0 saturated heterocycles. The average molecular weight is 852 g/mol. The van der Waals surface area contributed by atoms with Crippen LogP contribution in [0.1, 0.15) is 68.7 Å². The van der Waals surface area contributed by atoms with Gasteiger partial charge in [-0.15, -0.1) is 0 Å². The number of alkyl carbamates (subject to hydrolysis) is 3. The van der Waals surface area contributed by atoms with Gasteiger partial charge in [0.15, 0.2) is 0 Å². The fraction of sp³-hybridized carbons (Fsp3) is 0.396. The Balaban J connectivity index is 1.38. The van der Waals surface area contributed by atoms with Crippen molar-refractivity contribution in [3.63, 3.8) is 0 Å². The molecule has 3 N–H and O–H groups in total. The van der Waals surface area contributed by atoms with Crippen molar-refractivity contribution in [2.24, 2.45) is 0 Å². The Morgan fingerprint density at radius 3 is 1.34 bits per heavy atom. The summed E-state index contributed by atoms with van der Waals surface area (Å²) >= 11 is 0. The molecule has 0 radical (unpaired) electrons. The van der Waals surface area contributed by atoms with E-state index in [0.29, 0.717) is 45.3 Å². The summed E-state index contributed by atoms with van der Waals surface area (Å²) in [6.45, 7) is 7.37. The van der Waals surface area contributed by atoms with Crippen LogP contribution in [0.4, 0.5) is 19.2 Å². The maximum Gasteiger partial charge on any atom is 0.410 e. The fourth-order valence-corrected chi connectivity index (χ4v) is 6.23. The van der Waals surface area contributed by atoms with E-state index in [1.807, 2.05) is 121 Å². The van der Waals surface area contributed by atoms with E-state index in [1.165, 1.54) is 0 Å². The van der Waals surface area contributed by atoms with E-state index in [-0.39, 0.29) is 51.8 Å². The molecule has 0 aliphatic rings. The van der Waals surface area contributed by atoms with Crippen LogP contribution < -0.4 is 16.0 Å². The molecule has 0 fully saturated rings. The Bertz CT molecular complexity index is 1930. The minimum absolute atomic E-state index is 0.101. The van der Waals surface area contributed by atoms with Crippen LogP contribution >= 0.6 is 0 Å². The van der Waals surface area contributed by atoms with Crippen LogP contribution in [0.25, 0.3) is 0 Å². The number of carbonyl (C=O) groups is 5. The Labute approximate surface area is 365 Å². The van der Waals surface area contributed by atoms with Gasteiger partial charge in [-0.3, -0.25) is 4.79 Å². The van der Waals surface area contributed by atoms with Gasteiger partial charge in [-0.05, 0) is 68.7 Å². The van der Waals surface area contributed by atoms with E-state index in [9.17, 15) is 24.0 Å². The van der Waals surface area contributed by atoms with E-state index < -0.39 is 36.0 Å². The van der Waals surface area contributed by atoms with Gasteiger partial charge < -0.3 is 44.7 Å². The molecule has 62 heavy (non-hydrogen) atoms. The zero-order chi connectivity index (χ0) is 44.4. The first-order valence-corrected chi connectivity index (χ1v) is 21.1. The summed E-state index contributed by atoms with van der Waals surface area (Å²) in [4.78, 5) is 68.8. The Morgan fingerprint density at radius 2 is 0.887 bits per heavy atom. The predicted octanol–water partition coefficient (Wildman–Crippen LogP) is 8.00. The summed E-state index contributed by atoms with van der Waals surface area (Å²) in [5.74, 6) is -0.310. The number of benzene rings is 4. The summed E-state index contributed by atoms with van der Waals surface area (Å²) < 4.78 is 21.9. The minimum Gasteiger partial charge on any atom is -0.445 e. The van der Waals surface area contributed by atoms with E-state index >= 15 is 0 Å². The number of rotatable bonds is 23. The lowest BCUT2D eigenvalue weighted by Crippen LogP contribution is -2.51. The van der Waals surface area contributed by atoms with E-state index in [1.54, 1.807) is 30.6 Å². The van der Waals surface area contributed by atoms with Crippen LogP contribution in [0.5, 0.6) is 0 Å². The molecule has 0 aliphatic heterocycles. The highest BCUT2D eigenvalue weighted by Gasteiger charge is 2.28. The van der Waals surface area contributed by atoms with Crippen LogP contribution in [-0.2, 0) is 50.0 Å². The second-order valence-electron chi connectivity index (χ2n) is 15.6. The zero-order valence-corrected chi connectivity index (χ0v) is 36.1. The fourth-order valence-electron chi connectivity index (χ4n) is 6.23. The smallest absolute Gasteiger partial charge is 0.410 e. The van der Waals surface area contributed by atoms with Gasteiger partial charge in [-0.1, -0.05) is 121 Å². The van der Waals surface area contributed by atoms with Crippen molar-refractivity contribution in [3.05, 3.63) is 144 Å². The topological polar surface area (TPSA) is 165 Å². The van der Waals surface area contributed by atoms with Crippen molar-refractivity contribution < 1.29 is 42.9 Å². The highest BCUT2D eigenvalue weighted by molar-refractivity contribution is 5.86. The standard InChI is InChI=1S/C48H61N5O9/c1-48(2,3)62-46(57)51-42(34-38-20-8-4-9-21-38)43(54)52(32-18-28-49-44(55)59-35-39-22-10-5-11-23-39)30-16-17-31-53(47(58)61-37-41-26-14-7-15-27-41)33-19-29-50-45(56)60-36-40-24-12-6-13-25-40/h4-15,20-27,42H,16-19,28-37H2,1-3H3,(H,49,55)(H,50,56)(H,51,57). The summed E-state index contributed by atoms with van der Waals surface area (Å²) in [6.07, 6.45) is -0.213. The first kappa shape index (κ1) is 48.1. The molecule has 0 saturated carbocycles. The molecule has 5 amide bonds. The third kappa shape index (κ3) is 19.7. The molecule has 14 heteroatoms. The van der Waals surface area contributed by atoms with E-state index in [4.69, 9.17) is 18.9 Å². The number of amides is 5. The summed E-state index contributed by atoms with van der Waals surface area (Å²) in [5.41, 5.74) is 2.66. The minimum atomic E-state index is -0.938. The molecule has 0 aromatic heterocycles. The van der Waals surface area contributed by atoms with Gasteiger partial charge in [0.25, 0.3) is 0 Å². The number of carbonyl (C=O) groups excluding carboxylic acids is 5. The first-order chi connectivity index (χ1) is 29.9. The third-order valence-corrected chi connectivity index (χ3v) is 9.33. The van der Waals surface area contributed by atoms with E-state index in [2.05, 4.69) is 16.0 Å². The molecular formula is C48H61N5O9. The molecule has 4 rings (SSSR count). The van der Waals surface area contributed by atoms with Crippen LogP contribution in [0.3, 0.4) is 0 Å². The van der Waals surface area contributed by atoms with Crippen LogP contribution in [0.15, 0.2) is 121 Å². The molecule has 4 aromatic carbocycles. The first-order valence-electron chi connectivity index (χ1n) is 21.1. The van der Waals surface area contributed by atoms with Crippen LogP contribution in [0, 0.1) is 0 Å². The highest BCUT2D eigenvalue weighted by Crippen LogP contribution is 2.13. The van der Waals surface area contributed by atoms with Gasteiger partial charge in [0.05, 0.1) is 0 Å². The van der Waals surface area contributed by atoms with Crippen LogP contribution in [0.2, 0.25) is 0 Å². The number of nitrogens with zero attached hydrogens (tertiary/aromatic N) is 2. The Morgan fingerprint density at radius 1 is 0.500 bits per heavy atom. The Hall–Kier alpha value is -6.57. The molecule has 1 atom stereocenters. The van der Waals surface area contributed by atoms with Gasteiger partial charge in [-0.2, -0.15) is 0 Å². The number of hydrogen-bond acceptors (Lipinski definition) is 9. The number of ether oxygens (including phenoxy) is 4. The van der Waals surface area contributed by atoms with Gasteiger partial charge in [0, 0.05) is 45.7 Å². The van der Waals surface area contributed by atoms with Gasteiger partial charge >= 0.3 is 24.4 Å². The van der Waals surface area contributed by atoms with Crippen molar-refractivity contribution in [1.82, 2.24) is 25.8 Å². The molecule has 0 spiro atoms. The Kier molecular flexibility index (Phi) is 20.6. The largest absolute Gasteiger partial charge is 0.445 e. The lowest BCUT2D eigenvalue weighted by atomic mass is 10.0. The maximum absolute atomic E-state index is 14.4. The van der Waals surface area contributed by atoms with Gasteiger partial charge in [0.2, 0.25) is 5.91 Å². The molecular weight excluding hydrogens is 791 g/mol. The number of hydrogen-bond donors (Lipinski definition) is 3. The third-order valence-electron chi connectivity index (χ3n) is 9.33. The van der Waals surface area contributed by atoms with Crippen LogP contribution in [-0.4, -0.2) is 91.0 Å². The summed E-state index contributed by atoms with van der Waals surface area (Å²) in [7, 11) is 0. The summed E-state index contributed by atoms with van der Waals surface area (Å²) in [5, 5.41) is 8.30. The lowest BCUT2D eigenvalue weighted by Gasteiger charge is -2.29. The SMILES string of the molecule is CC(C)(C)OC(=O)NC(Cc1ccccc1)C(=O)N(CCCCN(CCCNC(=O)OCc1ccccc1)C(=O)OCc1ccccc1)CCCNC(=O)OCc1ccccc1. The molecule has 0 bridgehead atoms. The molecule has 0 aliphatic carbocycles. The average Bonchev–Trinajstić information content (AvgIpc) is 3.27. The van der Waals surface area contributed by atoms with Gasteiger partial charge in [-0.25, -0.2) is 19.2 Å². The van der Waals surface area contributed by atoms with Gasteiger partial charge in [0.1, 0.15) is 31.5 Å². The second-order valence-corrected chi connectivity index (χ2v) is 15.6. The summed E-state index contributed by atoms with van der Waals surface area (Å²) in [6, 6.07) is 36.6. The normalized spacial score (nSPS) is 11.3. The predicted molar refractivity (Wildman–Crippen MR) is 236 cm³/mol. The van der Waals surface area contributed by atoms with Crippen molar-refractivity contribution >= 4 is 30.3 Å². The highest BCUT2D eigenvalue weighted by atomic mass is 16.6. The molecule has 4 aromatic rings. The van der Waals surface area contributed by atoms with Crippen molar-refractivity contribution in [2.75, 3.05) is 39.3 Å². The number of unbranched alkanes of at least 4 members (excludes halogenated alkanes) is 1. The number of nitrogens with one attached hydrogen (secondary N) is 3. The maximum atomic E-state index is 14.4. The molecule has 14 nitrogen and oxygen atoms in total. The second kappa shape index (κ2) is 26.6.